The van der Waals surface area contributed by atoms with E-state index in [9.17, 15) is 23.1 Å². The molecule has 1 rings (SSSR count). The summed E-state index contributed by atoms with van der Waals surface area (Å²) in [5.74, 6) is -1.26. The molecule has 1 aromatic rings. The Balaban J connectivity index is 3.36. The molecule has 1 unspecified atom stereocenters. The van der Waals surface area contributed by atoms with Crippen LogP contribution in [0.2, 0.25) is 0 Å². The summed E-state index contributed by atoms with van der Waals surface area (Å²) in [5, 5.41) is 18.3. The first-order valence-corrected chi connectivity index (χ1v) is 5.16. The van der Waals surface area contributed by atoms with E-state index in [1.54, 1.807) is 0 Å². The molecule has 0 fully saturated rings. The topological polar surface area (TPSA) is 57.5 Å². The highest BCUT2D eigenvalue weighted by Gasteiger charge is 2.43. The van der Waals surface area contributed by atoms with Crippen LogP contribution in [0, 0.1) is 0 Å². The van der Waals surface area contributed by atoms with Gasteiger partial charge < -0.3 is 10.2 Å². The molecule has 1 atom stereocenters. The molecule has 0 heterocycles. The third-order valence-corrected chi connectivity index (χ3v) is 2.77. The first-order chi connectivity index (χ1) is 8.08. The number of aliphatic hydroxyl groups excluding tert-OH is 1. The lowest BCUT2D eigenvalue weighted by atomic mass is 9.80. The second kappa shape index (κ2) is 4.61. The summed E-state index contributed by atoms with van der Waals surface area (Å²) in [7, 11) is 0. The molecule has 0 aliphatic rings. The van der Waals surface area contributed by atoms with Crippen molar-refractivity contribution in [3.05, 3.63) is 35.4 Å². The number of halogens is 3. The second-order valence-corrected chi connectivity index (χ2v) is 4.46. The van der Waals surface area contributed by atoms with E-state index >= 15 is 0 Å². The maximum Gasteiger partial charge on any atom is 0.418 e. The summed E-state index contributed by atoms with van der Waals surface area (Å²) in [5.41, 5.74) is -2.00. The number of alkyl halides is 3. The van der Waals surface area contributed by atoms with Crippen LogP contribution >= 0.6 is 0 Å². The molecular formula is C12H13F3O3. The average molecular weight is 262 g/mol. The first-order valence-electron chi connectivity index (χ1n) is 5.16. The molecule has 3 nitrogen and oxygen atoms in total. The monoisotopic (exact) mass is 262 g/mol. The largest absolute Gasteiger partial charge is 0.481 e. The fourth-order valence-electron chi connectivity index (χ4n) is 1.60. The Hall–Kier alpha value is -1.56. The van der Waals surface area contributed by atoms with Gasteiger partial charge in [0.25, 0.3) is 0 Å². The maximum absolute atomic E-state index is 12.5. The summed E-state index contributed by atoms with van der Waals surface area (Å²) in [4.78, 5) is 11.1. The van der Waals surface area contributed by atoms with Crippen LogP contribution in [-0.2, 0) is 10.2 Å². The zero-order chi connectivity index (χ0) is 14.1. The van der Waals surface area contributed by atoms with E-state index in [1.165, 1.54) is 32.0 Å². The number of rotatable bonds is 3. The Labute approximate surface area is 102 Å². The Morgan fingerprint density at radius 2 is 1.72 bits per heavy atom. The van der Waals surface area contributed by atoms with Crippen LogP contribution in [0.1, 0.15) is 31.1 Å². The van der Waals surface area contributed by atoms with Crippen molar-refractivity contribution in [2.75, 3.05) is 0 Å². The maximum atomic E-state index is 12.5. The summed E-state index contributed by atoms with van der Waals surface area (Å²) in [6.45, 7) is 2.58. The van der Waals surface area contributed by atoms with Gasteiger partial charge in [0.05, 0.1) is 5.41 Å². The minimum atomic E-state index is -4.83. The highest BCUT2D eigenvalue weighted by molar-refractivity contribution is 5.80. The number of aliphatic carboxylic acids is 1. The fourth-order valence-corrected chi connectivity index (χ4v) is 1.60. The van der Waals surface area contributed by atoms with E-state index in [4.69, 9.17) is 5.11 Å². The van der Waals surface area contributed by atoms with E-state index in [1.807, 2.05) is 0 Å². The molecule has 1 aromatic carbocycles. The van der Waals surface area contributed by atoms with Crippen LogP contribution in [0.15, 0.2) is 24.3 Å². The Bertz CT molecular complexity index is 452. The highest BCUT2D eigenvalue weighted by Crippen LogP contribution is 2.38. The zero-order valence-electron chi connectivity index (χ0n) is 9.82. The molecule has 18 heavy (non-hydrogen) atoms. The Morgan fingerprint density at radius 1 is 1.22 bits per heavy atom. The van der Waals surface area contributed by atoms with Gasteiger partial charge in [-0.2, -0.15) is 13.2 Å². The molecule has 0 aliphatic carbocycles. The number of carboxylic acids is 1. The minimum absolute atomic E-state index is 0.0534. The number of carboxylic acid groups (broad SMARTS) is 1. The van der Waals surface area contributed by atoms with E-state index in [2.05, 4.69) is 0 Å². The summed E-state index contributed by atoms with van der Waals surface area (Å²) in [6, 6.07) is 5.12. The van der Waals surface area contributed by atoms with Crippen molar-refractivity contribution in [1.82, 2.24) is 0 Å². The van der Waals surface area contributed by atoms with Gasteiger partial charge in [-0.3, -0.25) is 4.79 Å². The van der Waals surface area contributed by atoms with Crippen molar-refractivity contribution in [2.24, 2.45) is 0 Å². The molecular weight excluding hydrogens is 249 g/mol. The van der Waals surface area contributed by atoms with Gasteiger partial charge in [-0.1, -0.05) is 24.3 Å². The molecule has 2 N–H and O–H groups in total. The van der Waals surface area contributed by atoms with E-state index in [0.29, 0.717) is 0 Å². The molecule has 0 radical (unpaired) electrons. The number of aliphatic hydroxyl groups is 1. The molecule has 100 valence electrons. The van der Waals surface area contributed by atoms with E-state index < -0.39 is 29.2 Å². The lowest BCUT2D eigenvalue weighted by molar-refractivity contribution is -0.207. The summed E-state index contributed by atoms with van der Waals surface area (Å²) >= 11 is 0. The standard InChI is InChI=1S/C12H13F3O3/c1-11(2,10(17)18)8-6-4-3-5-7(8)9(16)12(13,14)15/h3-6,9,16H,1-2H3,(H,17,18). The highest BCUT2D eigenvalue weighted by atomic mass is 19.4. The lowest BCUT2D eigenvalue weighted by Crippen LogP contribution is -2.32. The molecule has 0 aliphatic heterocycles. The minimum Gasteiger partial charge on any atom is -0.481 e. The van der Waals surface area contributed by atoms with Crippen molar-refractivity contribution < 1.29 is 28.2 Å². The third-order valence-electron chi connectivity index (χ3n) is 2.77. The van der Waals surface area contributed by atoms with Crippen LogP contribution in [-0.4, -0.2) is 22.4 Å². The summed E-state index contributed by atoms with van der Waals surface area (Å²) < 4.78 is 37.5. The SMILES string of the molecule is CC(C)(C(=O)O)c1ccccc1C(O)C(F)(F)F. The predicted octanol–water partition coefficient (Wildman–Crippen LogP) is 2.64. The molecule has 0 saturated carbocycles. The fraction of sp³-hybridized carbons (Fsp3) is 0.417. The predicted molar refractivity (Wildman–Crippen MR) is 58.1 cm³/mol. The van der Waals surface area contributed by atoms with Gasteiger partial charge in [0.1, 0.15) is 0 Å². The molecule has 0 aromatic heterocycles. The second-order valence-electron chi connectivity index (χ2n) is 4.46. The van der Waals surface area contributed by atoms with Gasteiger partial charge in [0.2, 0.25) is 0 Å². The van der Waals surface area contributed by atoms with Gasteiger partial charge in [-0.25, -0.2) is 0 Å². The third kappa shape index (κ3) is 2.64. The number of hydrogen-bond donors (Lipinski definition) is 2. The van der Waals surface area contributed by atoms with Crippen LogP contribution in [0.4, 0.5) is 13.2 Å². The normalized spacial score (nSPS) is 14.3. The zero-order valence-corrected chi connectivity index (χ0v) is 9.82. The van der Waals surface area contributed by atoms with Crippen LogP contribution in [0.5, 0.6) is 0 Å². The van der Waals surface area contributed by atoms with Crippen molar-refractivity contribution in [1.29, 1.82) is 0 Å². The molecule has 6 heteroatoms. The van der Waals surface area contributed by atoms with Crippen molar-refractivity contribution in [3.63, 3.8) is 0 Å². The number of benzene rings is 1. The molecule has 0 spiro atoms. The van der Waals surface area contributed by atoms with Gasteiger partial charge in [0.15, 0.2) is 6.10 Å². The molecule has 0 saturated heterocycles. The van der Waals surface area contributed by atoms with Gasteiger partial charge in [-0.15, -0.1) is 0 Å². The van der Waals surface area contributed by atoms with E-state index in [-0.39, 0.29) is 5.56 Å². The number of hydrogen-bond acceptors (Lipinski definition) is 2. The van der Waals surface area contributed by atoms with Gasteiger partial charge in [0, 0.05) is 0 Å². The van der Waals surface area contributed by atoms with Crippen LogP contribution in [0.25, 0.3) is 0 Å². The average Bonchev–Trinajstić information content (AvgIpc) is 2.26. The van der Waals surface area contributed by atoms with Crippen LogP contribution < -0.4 is 0 Å². The van der Waals surface area contributed by atoms with Crippen molar-refractivity contribution in [2.45, 2.75) is 31.5 Å². The quantitative estimate of drug-likeness (QED) is 0.880. The van der Waals surface area contributed by atoms with E-state index in [0.717, 1.165) is 6.07 Å². The Kier molecular flexibility index (Phi) is 3.71. The summed E-state index contributed by atoms with van der Waals surface area (Å²) in [6.07, 6.45) is -7.52. The molecule has 0 bridgehead atoms. The van der Waals surface area contributed by atoms with Crippen LogP contribution in [0.3, 0.4) is 0 Å². The van der Waals surface area contributed by atoms with Crippen molar-refractivity contribution in [3.8, 4) is 0 Å². The van der Waals surface area contributed by atoms with Gasteiger partial charge >= 0.3 is 12.1 Å². The smallest absolute Gasteiger partial charge is 0.418 e. The lowest BCUT2D eigenvalue weighted by Gasteiger charge is -2.26. The number of carbonyl (C=O) groups is 1. The molecule has 0 amide bonds. The first kappa shape index (κ1) is 14.5. The van der Waals surface area contributed by atoms with Crippen molar-refractivity contribution >= 4 is 5.97 Å². The van der Waals surface area contributed by atoms with Gasteiger partial charge in [-0.05, 0) is 25.0 Å². The Morgan fingerprint density at radius 3 is 2.17 bits per heavy atom.